The maximum absolute atomic E-state index is 13.2. The second-order valence-corrected chi connectivity index (χ2v) is 4.35. The maximum atomic E-state index is 13.2. The highest BCUT2D eigenvalue weighted by atomic mass is 35.5. The molecule has 2 aromatic carbocycles. The third-order valence-corrected chi connectivity index (χ3v) is 2.98. The van der Waals surface area contributed by atoms with Crippen molar-refractivity contribution in [3.05, 3.63) is 58.4 Å². The van der Waals surface area contributed by atoms with Crippen LogP contribution < -0.4 is 0 Å². The number of hydrogen-bond donors (Lipinski definition) is 1. The van der Waals surface area contributed by atoms with E-state index >= 15 is 0 Å². The van der Waals surface area contributed by atoms with Crippen molar-refractivity contribution in [1.29, 1.82) is 0 Å². The summed E-state index contributed by atoms with van der Waals surface area (Å²) in [4.78, 5) is 0. The van der Waals surface area contributed by atoms with Crippen LogP contribution in [-0.2, 0) is 6.61 Å². The molecule has 0 saturated carbocycles. The lowest BCUT2D eigenvalue weighted by Gasteiger charge is -2.10. The SMILES string of the molecule is Cc1ccc(-c2cc(F)ccc2Cl)c(CO)c1. The van der Waals surface area contributed by atoms with Gasteiger partial charge in [-0.25, -0.2) is 4.39 Å². The van der Waals surface area contributed by atoms with Gasteiger partial charge in [0.05, 0.1) is 6.61 Å². The van der Waals surface area contributed by atoms with E-state index in [1.54, 1.807) is 0 Å². The second-order valence-electron chi connectivity index (χ2n) is 3.94. The third-order valence-electron chi connectivity index (χ3n) is 2.65. The number of benzene rings is 2. The van der Waals surface area contributed by atoms with E-state index in [1.165, 1.54) is 18.2 Å². The van der Waals surface area contributed by atoms with Gasteiger partial charge in [-0.05, 0) is 36.2 Å². The van der Waals surface area contributed by atoms with Gasteiger partial charge in [0, 0.05) is 10.6 Å². The summed E-state index contributed by atoms with van der Waals surface area (Å²) in [5.41, 5.74) is 3.17. The Bertz CT molecular complexity index is 552. The quantitative estimate of drug-likeness (QED) is 0.856. The molecule has 0 aliphatic rings. The fourth-order valence-electron chi connectivity index (χ4n) is 1.82. The van der Waals surface area contributed by atoms with Crippen molar-refractivity contribution in [3.8, 4) is 11.1 Å². The Morgan fingerprint density at radius 2 is 1.88 bits per heavy atom. The molecular weight excluding hydrogens is 239 g/mol. The van der Waals surface area contributed by atoms with Crippen molar-refractivity contribution in [2.75, 3.05) is 0 Å². The molecule has 0 radical (unpaired) electrons. The molecule has 1 N–H and O–H groups in total. The molecule has 0 unspecified atom stereocenters. The number of aryl methyl sites for hydroxylation is 1. The van der Waals surface area contributed by atoms with Gasteiger partial charge < -0.3 is 5.11 Å². The molecule has 0 aromatic heterocycles. The summed E-state index contributed by atoms with van der Waals surface area (Å²) < 4.78 is 13.2. The number of halogens is 2. The van der Waals surface area contributed by atoms with E-state index in [2.05, 4.69) is 0 Å². The Morgan fingerprint density at radius 1 is 1.12 bits per heavy atom. The van der Waals surface area contributed by atoms with Crippen molar-refractivity contribution in [2.45, 2.75) is 13.5 Å². The standard InChI is InChI=1S/C14H12ClFO/c1-9-2-4-12(10(6-9)8-17)13-7-11(16)3-5-14(13)15/h2-7,17H,8H2,1H3. The first-order chi connectivity index (χ1) is 8.11. The fraction of sp³-hybridized carbons (Fsp3) is 0.143. The van der Waals surface area contributed by atoms with E-state index in [4.69, 9.17) is 11.6 Å². The predicted molar refractivity (Wildman–Crippen MR) is 67.5 cm³/mol. The average Bonchev–Trinajstić information content (AvgIpc) is 2.32. The topological polar surface area (TPSA) is 20.2 Å². The third kappa shape index (κ3) is 2.48. The first-order valence-corrected chi connectivity index (χ1v) is 5.65. The molecule has 2 rings (SSSR count). The Balaban J connectivity index is 2.63. The summed E-state index contributed by atoms with van der Waals surface area (Å²) in [7, 11) is 0. The maximum Gasteiger partial charge on any atom is 0.123 e. The van der Waals surface area contributed by atoms with E-state index < -0.39 is 0 Å². The highest BCUT2D eigenvalue weighted by Gasteiger charge is 2.09. The van der Waals surface area contributed by atoms with Crippen LogP contribution in [0.1, 0.15) is 11.1 Å². The summed E-state index contributed by atoms with van der Waals surface area (Å²) >= 11 is 6.05. The van der Waals surface area contributed by atoms with Gasteiger partial charge in [0.25, 0.3) is 0 Å². The Morgan fingerprint density at radius 3 is 2.59 bits per heavy atom. The van der Waals surface area contributed by atoms with Gasteiger partial charge in [0.2, 0.25) is 0 Å². The molecule has 0 aliphatic carbocycles. The monoisotopic (exact) mass is 250 g/mol. The molecule has 2 aromatic rings. The van der Waals surface area contributed by atoms with Crippen LogP contribution in [-0.4, -0.2) is 5.11 Å². The number of aliphatic hydroxyl groups excluding tert-OH is 1. The first-order valence-electron chi connectivity index (χ1n) is 5.27. The summed E-state index contributed by atoms with van der Waals surface area (Å²) in [6.45, 7) is 1.85. The Kier molecular flexibility index (Phi) is 3.46. The van der Waals surface area contributed by atoms with Gasteiger partial charge in [-0.3, -0.25) is 0 Å². The van der Waals surface area contributed by atoms with Crippen molar-refractivity contribution < 1.29 is 9.50 Å². The van der Waals surface area contributed by atoms with Crippen LogP contribution in [0.5, 0.6) is 0 Å². The Labute approximate surface area is 104 Å². The first kappa shape index (κ1) is 12.1. The van der Waals surface area contributed by atoms with E-state index in [9.17, 15) is 9.50 Å². The van der Waals surface area contributed by atoms with Crippen molar-refractivity contribution >= 4 is 11.6 Å². The molecule has 88 valence electrons. The summed E-state index contributed by atoms with van der Waals surface area (Å²) in [6.07, 6.45) is 0. The predicted octanol–water partition coefficient (Wildman–Crippen LogP) is 3.95. The second kappa shape index (κ2) is 4.86. The van der Waals surface area contributed by atoms with Gasteiger partial charge in [0.15, 0.2) is 0 Å². The largest absolute Gasteiger partial charge is 0.392 e. The number of rotatable bonds is 2. The lowest BCUT2D eigenvalue weighted by Crippen LogP contribution is -1.92. The molecule has 0 heterocycles. The molecule has 0 fully saturated rings. The van der Waals surface area contributed by atoms with Crippen LogP contribution in [0.4, 0.5) is 4.39 Å². The zero-order valence-electron chi connectivity index (χ0n) is 9.37. The normalized spacial score (nSPS) is 10.6. The molecule has 0 bridgehead atoms. The van der Waals surface area contributed by atoms with Gasteiger partial charge >= 0.3 is 0 Å². The molecule has 0 atom stereocenters. The van der Waals surface area contributed by atoms with E-state index in [0.29, 0.717) is 10.6 Å². The zero-order chi connectivity index (χ0) is 12.4. The van der Waals surface area contributed by atoms with Crippen LogP contribution in [0, 0.1) is 12.7 Å². The number of hydrogen-bond acceptors (Lipinski definition) is 1. The van der Waals surface area contributed by atoms with Gasteiger partial charge in [-0.2, -0.15) is 0 Å². The zero-order valence-corrected chi connectivity index (χ0v) is 10.1. The van der Waals surface area contributed by atoms with Gasteiger partial charge in [-0.15, -0.1) is 0 Å². The van der Waals surface area contributed by atoms with Crippen LogP contribution in [0.3, 0.4) is 0 Å². The molecular formula is C14H12ClFO. The van der Waals surface area contributed by atoms with Crippen LogP contribution >= 0.6 is 11.6 Å². The Hall–Kier alpha value is -1.38. The number of aliphatic hydroxyl groups is 1. The smallest absolute Gasteiger partial charge is 0.123 e. The minimum absolute atomic E-state index is 0.0934. The summed E-state index contributed by atoms with van der Waals surface area (Å²) in [6, 6.07) is 9.85. The van der Waals surface area contributed by atoms with Crippen molar-refractivity contribution in [2.24, 2.45) is 0 Å². The minimum atomic E-state index is -0.339. The highest BCUT2D eigenvalue weighted by molar-refractivity contribution is 6.33. The van der Waals surface area contributed by atoms with Crippen molar-refractivity contribution in [3.63, 3.8) is 0 Å². The van der Waals surface area contributed by atoms with E-state index in [1.807, 2.05) is 25.1 Å². The average molecular weight is 251 g/mol. The van der Waals surface area contributed by atoms with Crippen LogP contribution in [0.15, 0.2) is 36.4 Å². The van der Waals surface area contributed by atoms with Gasteiger partial charge in [-0.1, -0.05) is 35.4 Å². The minimum Gasteiger partial charge on any atom is -0.392 e. The molecule has 0 saturated heterocycles. The fourth-order valence-corrected chi connectivity index (χ4v) is 2.04. The van der Waals surface area contributed by atoms with Crippen LogP contribution in [0.2, 0.25) is 5.02 Å². The summed E-state index contributed by atoms with van der Waals surface area (Å²) in [5, 5.41) is 9.80. The summed E-state index contributed by atoms with van der Waals surface area (Å²) in [5.74, 6) is -0.339. The molecule has 0 amide bonds. The van der Waals surface area contributed by atoms with E-state index in [0.717, 1.165) is 16.7 Å². The molecule has 0 aliphatic heterocycles. The lowest BCUT2D eigenvalue weighted by atomic mass is 9.98. The molecule has 1 nitrogen and oxygen atoms in total. The highest BCUT2D eigenvalue weighted by Crippen LogP contribution is 2.31. The lowest BCUT2D eigenvalue weighted by molar-refractivity contribution is 0.282. The molecule has 17 heavy (non-hydrogen) atoms. The molecule has 3 heteroatoms. The molecule has 0 spiro atoms. The van der Waals surface area contributed by atoms with E-state index in [-0.39, 0.29) is 12.4 Å². The van der Waals surface area contributed by atoms with Gasteiger partial charge in [0.1, 0.15) is 5.82 Å². The van der Waals surface area contributed by atoms with Crippen molar-refractivity contribution in [1.82, 2.24) is 0 Å². The van der Waals surface area contributed by atoms with Crippen LogP contribution in [0.25, 0.3) is 11.1 Å².